The number of hydrogen-bond donors (Lipinski definition) is 2. The molecule has 2 aromatic rings. The average Bonchev–Trinajstić information content (AvgIpc) is 2.85. The van der Waals surface area contributed by atoms with Crippen LogP contribution in [0.5, 0.6) is 0 Å². The number of nitrogens with zero attached hydrogens (tertiary/aromatic N) is 2. The Morgan fingerprint density at radius 1 is 1.50 bits per heavy atom. The van der Waals surface area contributed by atoms with E-state index in [-0.39, 0.29) is 11.9 Å². The highest BCUT2D eigenvalue weighted by molar-refractivity contribution is 5.88. The van der Waals surface area contributed by atoms with Gasteiger partial charge < -0.3 is 10.2 Å². The van der Waals surface area contributed by atoms with Crippen molar-refractivity contribution in [3.63, 3.8) is 0 Å². The first-order valence-corrected chi connectivity index (χ1v) is 6.61. The van der Waals surface area contributed by atoms with Crippen molar-refractivity contribution in [2.75, 3.05) is 20.6 Å². The fourth-order valence-electron chi connectivity index (χ4n) is 1.95. The van der Waals surface area contributed by atoms with Crippen LogP contribution in [0.3, 0.4) is 0 Å². The van der Waals surface area contributed by atoms with Crippen LogP contribution in [0.4, 0.5) is 0 Å². The van der Waals surface area contributed by atoms with Crippen molar-refractivity contribution in [3.8, 4) is 0 Å². The minimum Gasteiger partial charge on any atom is -0.346 e. The molecular formula is C15H20N4O. The number of aromatic nitrogens is 2. The number of carbonyl (C=O) groups is 1. The van der Waals surface area contributed by atoms with Crippen molar-refractivity contribution in [1.82, 2.24) is 20.4 Å². The molecule has 1 unspecified atom stereocenters. The molecule has 0 fully saturated rings. The monoisotopic (exact) mass is 272 g/mol. The lowest BCUT2D eigenvalue weighted by atomic mass is 10.1. The van der Waals surface area contributed by atoms with Gasteiger partial charge in [0.15, 0.2) is 0 Å². The van der Waals surface area contributed by atoms with Gasteiger partial charge in [0.2, 0.25) is 5.91 Å². The van der Waals surface area contributed by atoms with Crippen molar-refractivity contribution < 1.29 is 4.79 Å². The van der Waals surface area contributed by atoms with E-state index in [1.165, 1.54) is 0 Å². The molecule has 2 N–H and O–H groups in total. The van der Waals surface area contributed by atoms with Crippen LogP contribution in [0.2, 0.25) is 0 Å². The summed E-state index contributed by atoms with van der Waals surface area (Å²) < 4.78 is 0. The zero-order valence-electron chi connectivity index (χ0n) is 12.1. The van der Waals surface area contributed by atoms with Crippen LogP contribution in [0.1, 0.15) is 18.5 Å². The van der Waals surface area contributed by atoms with Gasteiger partial charge >= 0.3 is 0 Å². The third-order valence-electron chi connectivity index (χ3n) is 3.06. The number of H-pyrrole nitrogens is 1. The summed E-state index contributed by atoms with van der Waals surface area (Å²) in [6.45, 7) is 2.72. The van der Waals surface area contributed by atoms with Crippen molar-refractivity contribution >= 4 is 16.8 Å². The summed E-state index contributed by atoms with van der Waals surface area (Å²) in [5.74, 6) is -0.0772. The summed E-state index contributed by atoms with van der Waals surface area (Å²) in [5, 5.41) is 10.9. The Morgan fingerprint density at radius 3 is 3.05 bits per heavy atom. The quantitative estimate of drug-likeness (QED) is 0.817. The second kappa shape index (κ2) is 6.34. The Hall–Kier alpha value is -2.14. The van der Waals surface area contributed by atoms with Gasteiger partial charge in [0.1, 0.15) is 0 Å². The molecule has 0 saturated heterocycles. The zero-order chi connectivity index (χ0) is 14.5. The molecule has 20 heavy (non-hydrogen) atoms. The standard InChI is InChI=1S/C15H20N4O/c1-11(17-15(20)5-4-8-19(2)3)12-6-7-14-13(9-12)10-16-18-14/h4-7,9-11H,8H2,1-3H3,(H,16,18)(H,17,20)/b5-4+. The minimum atomic E-state index is -0.0772. The highest BCUT2D eigenvalue weighted by Crippen LogP contribution is 2.18. The first kappa shape index (κ1) is 14.3. The maximum Gasteiger partial charge on any atom is 0.244 e. The number of amides is 1. The first-order valence-electron chi connectivity index (χ1n) is 6.61. The van der Waals surface area contributed by atoms with E-state index in [1.54, 1.807) is 12.3 Å². The molecule has 0 aliphatic rings. The molecule has 5 heteroatoms. The lowest BCUT2D eigenvalue weighted by Gasteiger charge is -2.13. The maximum atomic E-state index is 11.8. The van der Waals surface area contributed by atoms with Gasteiger partial charge in [0.25, 0.3) is 0 Å². The zero-order valence-corrected chi connectivity index (χ0v) is 12.1. The molecule has 0 spiro atoms. The van der Waals surface area contributed by atoms with Gasteiger partial charge in [-0.05, 0) is 38.7 Å². The van der Waals surface area contributed by atoms with E-state index in [2.05, 4.69) is 15.5 Å². The molecule has 0 aliphatic carbocycles. The summed E-state index contributed by atoms with van der Waals surface area (Å²) >= 11 is 0. The van der Waals surface area contributed by atoms with E-state index in [0.29, 0.717) is 0 Å². The highest BCUT2D eigenvalue weighted by atomic mass is 16.1. The van der Waals surface area contributed by atoms with Crippen LogP contribution < -0.4 is 5.32 Å². The van der Waals surface area contributed by atoms with E-state index in [1.807, 2.05) is 50.2 Å². The summed E-state index contributed by atoms with van der Waals surface area (Å²) in [6.07, 6.45) is 5.21. The number of likely N-dealkylation sites (N-methyl/N-ethyl adjacent to an activating group) is 1. The van der Waals surface area contributed by atoms with E-state index < -0.39 is 0 Å². The SMILES string of the molecule is CC(NC(=O)/C=C/CN(C)C)c1ccc2[nH]ncc2c1. The van der Waals surface area contributed by atoms with Crippen LogP contribution >= 0.6 is 0 Å². The Kier molecular flexibility index (Phi) is 4.53. The van der Waals surface area contributed by atoms with Crippen molar-refractivity contribution in [2.24, 2.45) is 0 Å². The van der Waals surface area contributed by atoms with Gasteiger partial charge in [-0.1, -0.05) is 12.1 Å². The van der Waals surface area contributed by atoms with Crippen LogP contribution in [-0.2, 0) is 4.79 Å². The molecule has 0 aliphatic heterocycles. The number of aromatic amines is 1. The largest absolute Gasteiger partial charge is 0.346 e. The normalized spacial score (nSPS) is 13.2. The number of carbonyl (C=O) groups excluding carboxylic acids is 1. The van der Waals surface area contributed by atoms with Crippen LogP contribution in [0, 0.1) is 0 Å². The molecule has 1 amide bonds. The summed E-state index contributed by atoms with van der Waals surface area (Å²) in [4.78, 5) is 13.8. The summed E-state index contributed by atoms with van der Waals surface area (Å²) in [6, 6.07) is 5.97. The third-order valence-corrected chi connectivity index (χ3v) is 3.06. The Labute approximate surface area is 118 Å². The number of hydrogen-bond acceptors (Lipinski definition) is 3. The van der Waals surface area contributed by atoms with E-state index >= 15 is 0 Å². The lowest BCUT2D eigenvalue weighted by molar-refractivity contribution is -0.117. The molecule has 1 atom stereocenters. The average molecular weight is 272 g/mol. The molecule has 1 aromatic carbocycles. The van der Waals surface area contributed by atoms with Crippen LogP contribution in [0.25, 0.3) is 10.9 Å². The van der Waals surface area contributed by atoms with Crippen LogP contribution in [-0.4, -0.2) is 41.6 Å². The van der Waals surface area contributed by atoms with Crippen LogP contribution in [0.15, 0.2) is 36.5 Å². The predicted molar refractivity (Wildman–Crippen MR) is 80.3 cm³/mol. The van der Waals surface area contributed by atoms with E-state index in [9.17, 15) is 4.79 Å². The minimum absolute atomic E-state index is 0.0363. The summed E-state index contributed by atoms with van der Waals surface area (Å²) in [5.41, 5.74) is 2.06. The Bertz CT molecular complexity index is 615. The number of fused-ring (bicyclic) bond motifs is 1. The van der Waals surface area contributed by atoms with E-state index in [4.69, 9.17) is 0 Å². The molecule has 1 aromatic heterocycles. The molecule has 2 rings (SSSR count). The third kappa shape index (κ3) is 3.68. The van der Waals surface area contributed by atoms with Gasteiger partial charge in [-0.25, -0.2) is 0 Å². The maximum absolute atomic E-state index is 11.8. The lowest BCUT2D eigenvalue weighted by Crippen LogP contribution is -2.25. The number of benzene rings is 1. The fraction of sp³-hybridized carbons (Fsp3) is 0.333. The second-order valence-electron chi connectivity index (χ2n) is 5.11. The molecular weight excluding hydrogens is 252 g/mol. The van der Waals surface area contributed by atoms with Crippen molar-refractivity contribution in [1.29, 1.82) is 0 Å². The Morgan fingerprint density at radius 2 is 2.30 bits per heavy atom. The number of rotatable bonds is 5. The summed E-state index contributed by atoms with van der Waals surface area (Å²) in [7, 11) is 3.93. The van der Waals surface area contributed by atoms with Gasteiger partial charge in [-0.2, -0.15) is 5.10 Å². The second-order valence-corrected chi connectivity index (χ2v) is 5.11. The molecule has 0 radical (unpaired) electrons. The molecule has 5 nitrogen and oxygen atoms in total. The van der Waals surface area contributed by atoms with Crippen molar-refractivity contribution in [2.45, 2.75) is 13.0 Å². The smallest absolute Gasteiger partial charge is 0.244 e. The predicted octanol–water partition coefficient (Wildman–Crippen LogP) is 1.86. The van der Waals surface area contributed by atoms with E-state index in [0.717, 1.165) is 23.0 Å². The molecule has 106 valence electrons. The molecule has 0 bridgehead atoms. The molecule has 0 saturated carbocycles. The molecule has 1 heterocycles. The van der Waals surface area contributed by atoms with Crippen molar-refractivity contribution in [3.05, 3.63) is 42.1 Å². The fourth-order valence-corrected chi connectivity index (χ4v) is 1.95. The van der Waals surface area contributed by atoms with Gasteiger partial charge in [-0.3, -0.25) is 9.89 Å². The highest BCUT2D eigenvalue weighted by Gasteiger charge is 2.08. The van der Waals surface area contributed by atoms with Gasteiger partial charge in [0.05, 0.1) is 17.8 Å². The number of nitrogens with one attached hydrogen (secondary N) is 2. The Balaban J connectivity index is 1.98. The van der Waals surface area contributed by atoms with Gasteiger partial charge in [-0.15, -0.1) is 0 Å². The topological polar surface area (TPSA) is 61.0 Å². The van der Waals surface area contributed by atoms with Gasteiger partial charge in [0, 0.05) is 18.0 Å². The first-order chi connectivity index (χ1) is 9.56.